The van der Waals surface area contributed by atoms with E-state index in [1.807, 2.05) is 0 Å². The van der Waals surface area contributed by atoms with E-state index in [2.05, 4.69) is 10.3 Å². The van der Waals surface area contributed by atoms with Crippen LogP contribution in [0, 0.1) is 0 Å². The van der Waals surface area contributed by atoms with Gasteiger partial charge in [0.05, 0.1) is 6.54 Å². The second-order valence-corrected chi connectivity index (χ2v) is 3.60. The smallest absolute Gasteiger partial charge is 0.286 e. The summed E-state index contributed by atoms with van der Waals surface area (Å²) in [5.41, 5.74) is -0.0202. The van der Waals surface area contributed by atoms with Crippen LogP contribution in [0.5, 0.6) is 0 Å². The molecular formula is C10H12F2N2. The van der Waals surface area contributed by atoms with Crippen LogP contribution in [0.15, 0.2) is 24.5 Å². The van der Waals surface area contributed by atoms with Crippen LogP contribution in [0.25, 0.3) is 0 Å². The van der Waals surface area contributed by atoms with Crippen molar-refractivity contribution in [1.29, 1.82) is 0 Å². The Balaban J connectivity index is 1.99. The third-order valence-electron chi connectivity index (χ3n) is 2.27. The summed E-state index contributed by atoms with van der Waals surface area (Å²) in [5.74, 6) is -2.81. The van der Waals surface area contributed by atoms with Gasteiger partial charge in [0.1, 0.15) is 0 Å². The van der Waals surface area contributed by atoms with E-state index in [-0.39, 0.29) is 12.1 Å². The molecule has 0 saturated heterocycles. The number of nitrogens with one attached hydrogen (secondary N) is 1. The minimum absolute atomic E-state index is 0.0202. The van der Waals surface area contributed by atoms with Crippen LogP contribution in [0.3, 0.4) is 0 Å². The molecule has 1 saturated carbocycles. The third kappa shape index (κ3) is 2.26. The SMILES string of the molecule is FC(F)(CNC1CC1)c1cccnc1. The number of hydrogen-bond acceptors (Lipinski definition) is 2. The lowest BCUT2D eigenvalue weighted by Gasteiger charge is -2.16. The van der Waals surface area contributed by atoms with Gasteiger partial charge in [-0.25, -0.2) is 0 Å². The average Bonchev–Trinajstić information content (AvgIpc) is 3.00. The van der Waals surface area contributed by atoms with Crippen LogP contribution in [0.2, 0.25) is 0 Å². The molecule has 14 heavy (non-hydrogen) atoms. The second-order valence-electron chi connectivity index (χ2n) is 3.60. The summed E-state index contributed by atoms with van der Waals surface area (Å²) < 4.78 is 26.9. The van der Waals surface area contributed by atoms with Gasteiger partial charge in [-0.15, -0.1) is 0 Å². The molecule has 1 aromatic heterocycles. The summed E-state index contributed by atoms with van der Waals surface area (Å²) >= 11 is 0. The summed E-state index contributed by atoms with van der Waals surface area (Å²) in [6.07, 6.45) is 4.74. The molecule has 2 rings (SSSR count). The number of nitrogens with zero attached hydrogens (tertiary/aromatic N) is 1. The molecule has 0 bridgehead atoms. The zero-order valence-electron chi connectivity index (χ0n) is 7.71. The Morgan fingerprint density at radius 3 is 2.86 bits per heavy atom. The zero-order valence-corrected chi connectivity index (χ0v) is 7.71. The van der Waals surface area contributed by atoms with Gasteiger partial charge in [-0.1, -0.05) is 0 Å². The quantitative estimate of drug-likeness (QED) is 0.799. The number of pyridine rings is 1. The van der Waals surface area contributed by atoms with E-state index in [9.17, 15) is 8.78 Å². The first kappa shape index (κ1) is 9.52. The monoisotopic (exact) mass is 198 g/mol. The van der Waals surface area contributed by atoms with Gasteiger partial charge in [-0.2, -0.15) is 8.78 Å². The zero-order chi connectivity index (χ0) is 10.0. The Morgan fingerprint density at radius 2 is 2.29 bits per heavy atom. The first-order valence-electron chi connectivity index (χ1n) is 4.70. The van der Waals surface area contributed by atoms with Gasteiger partial charge < -0.3 is 5.32 Å². The molecule has 1 heterocycles. The van der Waals surface area contributed by atoms with Gasteiger partial charge in [-0.05, 0) is 25.0 Å². The molecule has 4 heteroatoms. The van der Waals surface area contributed by atoms with Crippen molar-refractivity contribution in [2.75, 3.05) is 6.54 Å². The number of aromatic nitrogens is 1. The van der Waals surface area contributed by atoms with Crippen molar-refractivity contribution in [1.82, 2.24) is 10.3 Å². The predicted octanol–water partition coefficient (Wildman–Crippen LogP) is 1.93. The van der Waals surface area contributed by atoms with Crippen LogP contribution in [0.4, 0.5) is 8.78 Å². The molecule has 1 aliphatic rings. The van der Waals surface area contributed by atoms with Crippen molar-refractivity contribution in [2.24, 2.45) is 0 Å². The standard InChI is InChI=1S/C10H12F2N2/c11-10(12,7-14-9-3-4-9)8-2-1-5-13-6-8/h1-2,5-6,9,14H,3-4,7H2. The van der Waals surface area contributed by atoms with Gasteiger partial charge in [0.2, 0.25) is 0 Å². The van der Waals surface area contributed by atoms with E-state index in [1.165, 1.54) is 24.5 Å². The number of halogens is 2. The highest BCUT2D eigenvalue weighted by atomic mass is 19.3. The second kappa shape index (κ2) is 3.61. The van der Waals surface area contributed by atoms with Gasteiger partial charge in [0.25, 0.3) is 5.92 Å². The average molecular weight is 198 g/mol. The molecule has 1 fully saturated rings. The summed E-state index contributed by atoms with van der Waals surface area (Å²) in [6.45, 7) is -0.288. The lowest BCUT2D eigenvalue weighted by atomic mass is 10.1. The Kier molecular flexibility index (Phi) is 2.46. The number of hydrogen-bond donors (Lipinski definition) is 1. The molecule has 1 N–H and O–H groups in total. The molecule has 0 atom stereocenters. The van der Waals surface area contributed by atoms with Crippen LogP contribution in [-0.4, -0.2) is 17.6 Å². The van der Waals surface area contributed by atoms with Crippen LogP contribution >= 0.6 is 0 Å². The minimum atomic E-state index is -2.81. The van der Waals surface area contributed by atoms with Crippen molar-refractivity contribution >= 4 is 0 Å². The first-order valence-corrected chi connectivity index (χ1v) is 4.70. The van der Waals surface area contributed by atoms with Gasteiger partial charge >= 0.3 is 0 Å². The Morgan fingerprint density at radius 1 is 1.50 bits per heavy atom. The van der Waals surface area contributed by atoms with Crippen molar-refractivity contribution in [3.05, 3.63) is 30.1 Å². The minimum Gasteiger partial charge on any atom is -0.308 e. The fraction of sp³-hybridized carbons (Fsp3) is 0.500. The lowest BCUT2D eigenvalue weighted by Crippen LogP contribution is -2.32. The summed E-state index contributed by atoms with van der Waals surface area (Å²) in [7, 11) is 0. The molecule has 1 aromatic rings. The van der Waals surface area contributed by atoms with Crippen molar-refractivity contribution in [3.8, 4) is 0 Å². The Bertz CT molecular complexity index is 296. The normalized spacial score (nSPS) is 17.0. The largest absolute Gasteiger partial charge is 0.308 e. The molecule has 76 valence electrons. The maximum absolute atomic E-state index is 13.4. The van der Waals surface area contributed by atoms with E-state index in [0.29, 0.717) is 6.04 Å². The van der Waals surface area contributed by atoms with Gasteiger partial charge in [0.15, 0.2) is 0 Å². The molecule has 0 radical (unpaired) electrons. The highest BCUT2D eigenvalue weighted by Crippen LogP contribution is 2.28. The maximum atomic E-state index is 13.4. The van der Waals surface area contributed by atoms with Crippen molar-refractivity contribution in [2.45, 2.75) is 24.8 Å². The lowest BCUT2D eigenvalue weighted by molar-refractivity contribution is -0.00381. The highest BCUT2D eigenvalue weighted by molar-refractivity contribution is 5.15. The fourth-order valence-corrected chi connectivity index (χ4v) is 1.24. The molecule has 0 aliphatic heterocycles. The summed E-state index contributed by atoms with van der Waals surface area (Å²) in [5, 5.41) is 2.82. The van der Waals surface area contributed by atoms with Crippen LogP contribution < -0.4 is 5.32 Å². The molecule has 1 aliphatic carbocycles. The Hall–Kier alpha value is -1.03. The number of alkyl halides is 2. The van der Waals surface area contributed by atoms with Gasteiger partial charge in [0, 0.05) is 24.0 Å². The van der Waals surface area contributed by atoms with Crippen LogP contribution in [-0.2, 0) is 5.92 Å². The molecule has 2 nitrogen and oxygen atoms in total. The topological polar surface area (TPSA) is 24.9 Å². The molecule has 0 aromatic carbocycles. The Labute approximate surface area is 81.4 Å². The van der Waals surface area contributed by atoms with E-state index < -0.39 is 5.92 Å². The maximum Gasteiger partial charge on any atom is 0.286 e. The van der Waals surface area contributed by atoms with E-state index >= 15 is 0 Å². The number of rotatable bonds is 4. The van der Waals surface area contributed by atoms with Crippen LogP contribution in [0.1, 0.15) is 18.4 Å². The first-order chi connectivity index (χ1) is 6.68. The van der Waals surface area contributed by atoms with Crippen molar-refractivity contribution < 1.29 is 8.78 Å². The molecular weight excluding hydrogens is 186 g/mol. The molecule has 0 amide bonds. The highest BCUT2D eigenvalue weighted by Gasteiger charge is 2.34. The fourth-order valence-electron chi connectivity index (χ4n) is 1.24. The van der Waals surface area contributed by atoms with E-state index in [4.69, 9.17) is 0 Å². The molecule has 0 unspecified atom stereocenters. The van der Waals surface area contributed by atoms with E-state index in [1.54, 1.807) is 0 Å². The van der Waals surface area contributed by atoms with E-state index in [0.717, 1.165) is 12.8 Å². The predicted molar refractivity (Wildman–Crippen MR) is 49.2 cm³/mol. The summed E-state index contributed by atoms with van der Waals surface area (Å²) in [6, 6.07) is 3.24. The van der Waals surface area contributed by atoms with Gasteiger partial charge in [-0.3, -0.25) is 4.98 Å². The molecule has 0 spiro atoms. The van der Waals surface area contributed by atoms with Crippen molar-refractivity contribution in [3.63, 3.8) is 0 Å². The summed E-state index contributed by atoms with van der Waals surface area (Å²) in [4.78, 5) is 3.69. The third-order valence-corrected chi connectivity index (χ3v) is 2.27.